The molecule has 0 saturated carbocycles. The first-order valence-corrected chi connectivity index (χ1v) is 5.93. The molecule has 1 unspecified atom stereocenters. The third-order valence-electron chi connectivity index (χ3n) is 3.14. The fraction of sp³-hybridized carbons (Fsp3) is 0.538. The van der Waals surface area contributed by atoms with E-state index in [0.29, 0.717) is 18.0 Å². The summed E-state index contributed by atoms with van der Waals surface area (Å²) in [6.07, 6.45) is 5.23. The van der Waals surface area contributed by atoms with E-state index in [-0.39, 0.29) is 11.6 Å². The van der Waals surface area contributed by atoms with Gasteiger partial charge in [-0.3, -0.25) is 0 Å². The van der Waals surface area contributed by atoms with Gasteiger partial charge in [0.15, 0.2) is 0 Å². The Morgan fingerprint density at radius 1 is 1.19 bits per heavy atom. The standard InChI is InChI=1S/C13H17F2N/c14-11-5-6-13(15)10(8-11)9-12-4-2-1-3-7-16-12/h5-6,8,12,16H,1-4,7,9H2. The van der Waals surface area contributed by atoms with Crippen LogP contribution in [-0.4, -0.2) is 12.6 Å². The van der Waals surface area contributed by atoms with Crippen molar-refractivity contribution in [2.45, 2.75) is 38.1 Å². The molecule has 0 aromatic heterocycles. The quantitative estimate of drug-likeness (QED) is 0.815. The second-order valence-electron chi connectivity index (χ2n) is 4.44. The van der Waals surface area contributed by atoms with Crippen molar-refractivity contribution in [3.8, 4) is 0 Å². The van der Waals surface area contributed by atoms with E-state index < -0.39 is 0 Å². The van der Waals surface area contributed by atoms with Crippen molar-refractivity contribution in [3.05, 3.63) is 35.4 Å². The highest BCUT2D eigenvalue weighted by Crippen LogP contribution is 2.16. The Morgan fingerprint density at radius 2 is 2.06 bits per heavy atom. The third-order valence-corrected chi connectivity index (χ3v) is 3.14. The molecule has 88 valence electrons. The Bertz CT molecular complexity index is 344. The van der Waals surface area contributed by atoms with E-state index in [1.807, 2.05) is 0 Å². The van der Waals surface area contributed by atoms with Crippen LogP contribution in [0.1, 0.15) is 31.2 Å². The van der Waals surface area contributed by atoms with Gasteiger partial charge in [-0.25, -0.2) is 8.78 Å². The van der Waals surface area contributed by atoms with Crippen molar-refractivity contribution in [1.29, 1.82) is 0 Å². The van der Waals surface area contributed by atoms with Gasteiger partial charge in [-0.15, -0.1) is 0 Å². The van der Waals surface area contributed by atoms with E-state index in [4.69, 9.17) is 0 Å². The molecule has 0 radical (unpaired) electrons. The molecule has 1 aliphatic rings. The Hall–Kier alpha value is -0.960. The van der Waals surface area contributed by atoms with E-state index in [2.05, 4.69) is 5.32 Å². The van der Waals surface area contributed by atoms with Gasteiger partial charge in [0, 0.05) is 6.04 Å². The fourth-order valence-corrected chi connectivity index (χ4v) is 2.24. The summed E-state index contributed by atoms with van der Waals surface area (Å²) in [6, 6.07) is 3.97. The normalized spacial score (nSPS) is 21.8. The molecule has 0 amide bonds. The van der Waals surface area contributed by atoms with Crippen LogP contribution in [-0.2, 0) is 6.42 Å². The van der Waals surface area contributed by atoms with Crippen LogP contribution >= 0.6 is 0 Å². The zero-order valence-corrected chi connectivity index (χ0v) is 9.31. The topological polar surface area (TPSA) is 12.0 Å². The van der Waals surface area contributed by atoms with E-state index in [9.17, 15) is 8.78 Å². The maximum atomic E-state index is 13.4. The van der Waals surface area contributed by atoms with Crippen molar-refractivity contribution in [2.75, 3.05) is 6.54 Å². The van der Waals surface area contributed by atoms with Crippen molar-refractivity contribution >= 4 is 0 Å². The summed E-state index contributed by atoms with van der Waals surface area (Å²) in [5.41, 5.74) is 0.486. The minimum atomic E-state index is -0.356. The predicted octanol–water partition coefficient (Wildman–Crippen LogP) is 3.04. The molecular weight excluding hydrogens is 208 g/mol. The number of benzene rings is 1. The Morgan fingerprint density at radius 3 is 2.94 bits per heavy atom. The maximum absolute atomic E-state index is 13.4. The van der Waals surface area contributed by atoms with Crippen molar-refractivity contribution in [2.24, 2.45) is 0 Å². The molecule has 1 nitrogen and oxygen atoms in total. The number of rotatable bonds is 2. The first-order chi connectivity index (χ1) is 7.75. The van der Waals surface area contributed by atoms with Crippen LogP contribution in [0, 0.1) is 11.6 Å². The fourth-order valence-electron chi connectivity index (χ4n) is 2.24. The van der Waals surface area contributed by atoms with Crippen LogP contribution in [0.4, 0.5) is 8.78 Å². The lowest BCUT2D eigenvalue weighted by Gasteiger charge is -2.16. The largest absolute Gasteiger partial charge is 0.314 e. The van der Waals surface area contributed by atoms with Crippen LogP contribution in [0.15, 0.2) is 18.2 Å². The van der Waals surface area contributed by atoms with E-state index in [0.717, 1.165) is 13.0 Å². The Labute approximate surface area is 94.9 Å². The van der Waals surface area contributed by atoms with Crippen LogP contribution in [0.2, 0.25) is 0 Å². The highest BCUT2D eigenvalue weighted by molar-refractivity contribution is 5.19. The summed E-state index contributed by atoms with van der Waals surface area (Å²) in [6.45, 7) is 0.988. The SMILES string of the molecule is Fc1ccc(F)c(CC2CCCCCN2)c1. The predicted molar refractivity (Wildman–Crippen MR) is 60.3 cm³/mol. The average molecular weight is 225 g/mol. The molecule has 1 heterocycles. The molecule has 1 fully saturated rings. The highest BCUT2D eigenvalue weighted by Gasteiger charge is 2.14. The van der Waals surface area contributed by atoms with Gasteiger partial charge < -0.3 is 5.32 Å². The van der Waals surface area contributed by atoms with E-state index >= 15 is 0 Å². The second kappa shape index (κ2) is 5.39. The van der Waals surface area contributed by atoms with Gasteiger partial charge in [0.2, 0.25) is 0 Å². The van der Waals surface area contributed by atoms with Crippen LogP contribution in [0.5, 0.6) is 0 Å². The molecule has 16 heavy (non-hydrogen) atoms. The summed E-state index contributed by atoms with van der Waals surface area (Å²) in [4.78, 5) is 0. The van der Waals surface area contributed by atoms with Crippen molar-refractivity contribution < 1.29 is 8.78 Å². The van der Waals surface area contributed by atoms with Gasteiger partial charge in [-0.1, -0.05) is 12.8 Å². The molecule has 1 atom stereocenters. The van der Waals surface area contributed by atoms with Crippen LogP contribution in [0.3, 0.4) is 0 Å². The van der Waals surface area contributed by atoms with E-state index in [1.165, 1.54) is 37.5 Å². The number of nitrogens with one attached hydrogen (secondary N) is 1. The lowest BCUT2D eigenvalue weighted by Crippen LogP contribution is -2.30. The minimum Gasteiger partial charge on any atom is -0.314 e. The molecule has 0 bridgehead atoms. The van der Waals surface area contributed by atoms with Gasteiger partial charge >= 0.3 is 0 Å². The van der Waals surface area contributed by atoms with Gasteiger partial charge in [-0.2, -0.15) is 0 Å². The zero-order valence-electron chi connectivity index (χ0n) is 9.31. The second-order valence-corrected chi connectivity index (χ2v) is 4.44. The minimum absolute atomic E-state index is 0.291. The lowest BCUT2D eigenvalue weighted by molar-refractivity contribution is 0.491. The van der Waals surface area contributed by atoms with Gasteiger partial charge in [0.05, 0.1) is 0 Å². The summed E-state index contributed by atoms with van der Waals surface area (Å²) >= 11 is 0. The molecule has 1 saturated heterocycles. The number of hydrogen-bond donors (Lipinski definition) is 1. The average Bonchev–Trinajstić information content (AvgIpc) is 2.52. The molecule has 2 rings (SSSR count). The molecule has 0 spiro atoms. The molecular formula is C13H17F2N. The molecule has 1 aromatic carbocycles. The highest BCUT2D eigenvalue weighted by atomic mass is 19.1. The van der Waals surface area contributed by atoms with E-state index in [1.54, 1.807) is 0 Å². The van der Waals surface area contributed by atoms with Crippen molar-refractivity contribution in [1.82, 2.24) is 5.32 Å². The summed E-state index contributed by atoms with van der Waals surface area (Å²) in [5, 5.41) is 3.39. The molecule has 0 aliphatic carbocycles. The molecule has 1 N–H and O–H groups in total. The summed E-state index contributed by atoms with van der Waals surface area (Å²) < 4.78 is 26.4. The number of hydrogen-bond acceptors (Lipinski definition) is 1. The summed E-state index contributed by atoms with van der Waals surface area (Å²) in [7, 11) is 0. The van der Waals surface area contributed by atoms with Gasteiger partial charge in [-0.05, 0) is 49.6 Å². The van der Waals surface area contributed by atoms with Gasteiger partial charge in [0.1, 0.15) is 11.6 Å². The van der Waals surface area contributed by atoms with Crippen LogP contribution < -0.4 is 5.32 Å². The summed E-state index contributed by atoms with van der Waals surface area (Å²) in [5.74, 6) is -0.655. The molecule has 3 heteroatoms. The van der Waals surface area contributed by atoms with Crippen molar-refractivity contribution in [3.63, 3.8) is 0 Å². The Kier molecular flexibility index (Phi) is 3.88. The Balaban J connectivity index is 2.04. The third kappa shape index (κ3) is 3.01. The number of halogens is 2. The monoisotopic (exact) mass is 225 g/mol. The van der Waals surface area contributed by atoms with Gasteiger partial charge in [0.25, 0.3) is 0 Å². The maximum Gasteiger partial charge on any atom is 0.126 e. The molecule has 1 aliphatic heterocycles. The smallest absolute Gasteiger partial charge is 0.126 e. The first kappa shape index (κ1) is 11.5. The molecule has 1 aromatic rings. The lowest BCUT2D eigenvalue weighted by atomic mass is 10.0. The first-order valence-electron chi connectivity index (χ1n) is 5.93. The zero-order chi connectivity index (χ0) is 11.4. The van der Waals surface area contributed by atoms with Crippen LogP contribution in [0.25, 0.3) is 0 Å².